The summed E-state index contributed by atoms with van der Waals surface area (Å²) in [5, 5.41) is 0. The normalized spacial score (nSPS) is 31.9. The quantitative estimate of drug-likeness (QED) is 0.351. The van der Waals surface area contributed by atoms with Crippen molar-refractivity contribution < 1.29 is 56.0 Å². The van der Waals surface area contributed by atoms with Crippen LogP contribution in [-0.2, 0) is 42.9 Å². The van der Waals surface area contributed by atoms with Crippen LogP contribution in [0.3, 0.4) is 0 Å². The van der Waals surface area contributed by atoms with Crippen molar-refractivity contribution in [2.24, 2.45) is 11.8 Å². The minimum atomic E-state index is -5.01. The second-order valence-corrected chi connectivity index (χ2v) is 8.06. The number of carbonyl (C=O) groups is 4. The molecular formula is C18H19F3O9. The van der Waals surface area contributed by atoms with Gasteiger partial charge in [0.2, 0.25) is 0 Å². The fourth-order valence-corrected chi connectivity index (χ4v) is 3.62. The number of rotatable bonds is 5. The fourth-order valence-electron chi connectivity index (χ4n) is 3.62. The van der Waals surface area contributed by atoms with Gasteiger partial charge < -0.3 is 23.7 Å². The van der Waals surface area contributed by atoms with Crippen LogP contribution in [-0.4, -0.2) is 66.7 Å². The number of ether oxygens (including phenoxy) is 5. The van der Waals surface area contributed by atoms with Crippen LogP contribution in [0, 0.1) is 11.8 Å². The van der Waals surface area contributed by atoms with E-state index in [4.69, 9.17) is 18.9 Å². The van der Waals surface area contributed by atoms with E-state index < -0.39 is 84.1 Å². The molecule has 0 spiro atoms. The van der Waals surface area contributed by atoms with Crippen LogP contribution < -0.4 is 0 Å². The Balaban J connectivity index is 1.65. The lowest BCUT2D eigenvalue weighted by atomic mass is 9.78. The monoisotopic (exact) mass is 436 g/mol. The molecule has 3 aliphatic heterocycles. The van der Waals surface area contributed by atoms with Gasteiger partial charge in [-0.3, -0.25) is 9.59 Å². The first-order chi connectivity index (χ1) is 13.7. The number of hydrogen-bond acceptors (Lipinski definition) is 9. The Morgan fingerprint density at radius 2 is 1.73 bits per heavy atom. The van der Waals surface area contributed by atoms with E-state index in [1.807, 2.05) is 0 Å². The van der Waals surface area contributed by atoms with Crippen LogP contribution in [0.15, 0.2) is 12.2 Å². The zero-order valence-electron chi connectivity index (χ0n) is 16.2. The van der Waals surface area contributed by atoms with Crippen LogP contribution >= 0.6 is 0 Å². The van der Waals surface area contributed by atoms with Crippen LogP contribution in [0.5, 0.6) is 0 Å². The average Bonchev–Trinajstić information content (AvgIpc) is 3.20. The van der Waals surface area contributed by atoms with Gasteiger partial charge in [-0.1, -0.05) is 6.58 Å². The third-order valence-corrected chi connectivity index (χ3v) is 4.76. The summed E-state index contributed by atoms with van der Waals surface area (Å²) in [6.45, 7) is 6.32. The minimum absolute atomic E-state index is 0.699. The predicted octanol–water partition coefficient (Wildman–Crippen LogP) is 0.840. The highest BCUT2D eigenvalue weighted by molar-refractivity contribution is 5.90. The van der Waals surface area contributed by atoms with Gasteiger partial charge in [-0.2, -0.15) is 13.2 Å². The van der Waals surface area contributed by atoms with Crippen molar-refractivity contribution >= 4 is 23.9 Å². The summed E-state index contributed by atoms with van der Waals surface area (Å²) in [4.78, 5) is 48.0. The van der Waals surface area contributed by atoms with Gasteiger partial charge in [-0.25, -0.2) is 9.59 Å². The molecule has 0 amide bonds. The molecule has 6 atom stereocenters. The van der Waals surface area contributed by atoms with Crippen LogP contribution in [0.2, 0.25) is 0 Å². The summed E-state index contributed by atoms with van der Waals surface area (Å²) in [7, 11) is 0. The summed E-state index contributed by atoms with van der Waals surface area (Å²) < 4.78 is 62.6. The summed E-state index contributed by atoms with van der Waals surface area (Å²) in [5.74, 6) is -6.45. The Bertz CT molecular complexity index is 798. The lowest BCUT2D eigenvalue weighted by Crippen LogP contribution is -2.49. The first kappa shape index (κ1) is 22.1. The predicted molar refractivity (Wildman–Crippen MR) is 87.4 cm³/mol. The van der Waals surface area contributed by atoms with E-state index in [0.29, 0.717) is 0 Å². The molecule has 3 fully saturated rings. The molecule has 12 heteroatoms. The smallest absolute Gasteiger partial charge is 0.422 e. The molecule has 0 aromatic heterocycles. The lowest BCUT2D eigenvalue weighted by molar-refractivity contribution is -0.173. The SMILES string of the molecule is C=C(C(=O)OCC(=O)OC1C2OC(=O)C3C2OC1C3C(=O)OC(C)(C)C)C(F)(F)F. The molecule has 3 saturated heterocycles. The summed E-state index contributed by atoms with van der Waals surface area (Å²) in [5.41, 5.74) is -2.63. The zero-order valence-corrected chi connectivity index (χ0v) is 16.2. The van der Waals surface area contributed by atoms with E-state index >= 15 is 0 Å². The Hall–Kier alpha value is -2.63. The van der Waals surface area contributed by atoms with Gasteiger partial charge in [-0.15, -0.1) is 0 Å². The molecule has 0 N–H and O–H groups in total. The zero-order chi connectivity index (χ0) is 22.6. The van der Waals surface area contributed by atoms with Crippen molar-refractivity contribution in [2.45, 2.75) is 57.0 Å². The molecule has 0 saturated carbocycles. The maximum Gasteiger partial charge on any atom is 0.422 e. The Kier molecular flexibility index (Phi) is 5.34. The molecule has 0 aromatic carbocycles. The molecule has 0 radical (unpaired) electrons. The number of esters is 4. The van der Waals surface area contributed by atoms with E-state index in [1.165, 1.54) is 0 Å². The molecule has 3 heterocycles. The third kappa shape index (κ3) is 4.00. The highest BCUT2D eigenvalue weighted by atomic mass is 19.4. The molecule has 9 nitrogen and oxygen atoms in total. The van der Waals surface area contributed by atoms with Gasteiger partial charge in [0.1, 0.15) is 35.2 Å². The van der Waals surface area contributed by atoms with Gasteiger partial charge in [0.05, 0.1) is 0 Å². The van der Waals surface area contributed by atoms with Crippen molar-refractivity contribution in [1.29, 1.82) is 0 Å². The molecule has 2 bridgehead atoms. The van der Waals surface area contributed by atoms with Gasteiger partial charge in [0.25, 0.3) is 0 Å². The minimum Gasteiger partial charge on any atom is -0.460 e. The number of hydrogen-bond donors (Lipinski definition) is 0. The highest BCUT2D eigenvalue weighted by Crippen LogP contribution is 2.51. The number of carbonyl (C=O) groups excluding carboxylic acids is 4. The van der Waals surface area contributed by atoms with Gasteiger partial charge in [0.15, 0.2) is 18.8 Å². The average molecular weight is 436 g/mol. The van der Waals surface area contributed by atoms with E-state index in [-0.39, 0.29) is 0 Å². The number of alkyl halides is 3. The van der Waals surface area contributed by atoms with Crippen LogP contribution in [0.25, 0.3) is 0 Å². The van der Waals surface area contributed by atoms with Crippen LogP contribution in [0.1, 0.15) is 20.8 Å². The Labute approximate surface area is 168 Å². The van der Waals surface area contributed by atoms with Crippen LogP contribution in [0.4, 0.5) is 13.2 Å². The largest absolute Gasteiger partial charge is 0.460 e. The molecule has 0 aliphatic carbocycles. The van der Waals surface area contributed by atoms with Crippen molar-refractivity contribution in [2.75, 3.05) is 6.61 Å². The second kappa shape index (κ2) is 7.25. The fraction of sp³-hybridized carbons (Fsp3) is 0.667. The first-order valence-corrected chi connectivity index (χ1v) is 8.92. The van der Waals surface area contributed by atoms with Crippen molar-refractivity contribution in [3.05, 3.63) is 12.2 Å². The Morgan fingerprint density at radius 1 is 1.10 bits per heavy atom. The third-order valence-electron chi connectivity index (χ3n) is 4.76. The summed E-state index contributed by atoms with van der Waals surface area (Å²) in [6.07, 6.45) is -9.06. The number of halogens is 3. The molecule has 3 aliphatic rings. The highest BCUT2D eigenvalue weighted by Gasteiger charge is 2.72. The molecule has 30 heavy (non-hydrogen) atoms. The maximum absolute atomic E-state index is 12.6. The molecular weight excluding hydrogens is 417 g/mol. The first-order valence-electron chi connectivity index (χ1n) is 8.92. The molecule has 0 aromatic rings. The summed E-state index contributed by atoms with van der Waals surface area (Å²) in [6, 6.07) is 0. The standard InChI is InChI=1S/C18H19F3O9/c1-6(18(19,20)21)14(23)26-5-7(22)27-12-11-9(16(25)30-17(2,3)4)8-10(28-11)13(12)29-15(8)24/h8-13H,1,5H2,2-4H3. The second-order valence-electron chi connectivity index (χ2n) is 8.06. The molecule has 3 rings (SSSR count). The maximum atomic E-state index is 12.6. The van der Waals surface area contributed by atoms with E-state index in [2.05, 4.69) is 11.3 Å². The van der Waals surface area contributed by atoms with Gasteiger partial charge in [0, 0.05) is 0 Å². The van der Waals surface area contributed by atoms with Crippen molar-refractivity contribution in [3.63, 3.8) is 0 Å². The Morgan fingerprint density at radius 3 is 2.30 bits per heavy atom. The van der Waals surface area contributed by atoms with Crippen molar-refractivity contribution in [1.82, 2.24) is 0 Å². The van der Waals surface area contributed by atoms with E-state index in [1.54, 1.807) is 20.8 Å². The number of fused-ring (bicyclic) bond motifs is 1. The van der Waals surface area contributed by atoms with Gasteiger partial charge in [-0.05, 0) is 20.8 Å². The lowest BCUT2D eigenvalue weighted by Gasteiger charge is -2.29. The topological polar surface area (TPSA) is 114 Å². The molecule has 166 valence electrons. The van der Waals surface area contributed by atoms with E-state index in [9.17, 15) is 32.3 Å². The summed E-state index contributed by atoms with van der Waals surface area (Å²) >= 11 is 0. The van der Waals surface area contributed by atoms with Crippen molar-refractivity contribution in [3.8, 4) is 0 Å². The van der Waals surface area contributed by atoms with Gasteiger partial charge >= 0.3 is 30.1 Å². The molecule has 6 unspecified atom stereocenters. The van der Waals surface area contributed by atoms with E-state index in [0.717, 1.165) is 0 Å².